The lowest BCUT2D eigenvalue weighted by Crippen LogP contribution is -2.23. The molecule has 1 aromatic rings. The average molecular weight is 222 g/mol. The predicted octanol–water partition coefficient (Wildman–Crippen LogP) is 2.20. The van der Waals surface area contributed by atoms with Gasteiger partial charge in [-0.3, -0.25) is 10.1 Å². The zero-order chi connectivity index (χ0) is 11.5. The van der Waals surface area contributed by atoms with E-state index in [4.69, 9.17) is 4.74 Å². The van der Waals surface area contributed by atoms with E-state index < -0.39 is 0 Å². The van der Waals surface area contributed by atoms with Crippen molar-refractivity contribution in [3.05, 3.63) is 28.3 Å². The molecule has 0 saturated heterocycles. The van der Waals surface area contributed by atoms with Gasteiger partial charge in [-0.1, -0.05) is 0 Å². The Balaban J connectivity index is 2.43. The number of hydrogen-bond acceptors (Lipinski definition) is 4. The number of benzene rings is 1. The van der Waals surface area contributed by atoms with Crippen LogP contribution in [0.2, 0.25) is 0 Å². The van der Waals surface area contributed by atoms with Crippen molar-refractivity contribution in [3.8, 4) is 5.75 Å². The van der Waals surface area contributed by atoms with Crippen LogP contribution in [0.15, 0.2) is 18.2 Å². The molecule has 2 rings (SSSR count). The van der Waals surface area contributed by atoms with Crippen LogP contribution in [0.25, 0.3) is 0 Å². The predicted molar refractivity (Wildman–Crippen MR) is 61.1 cm³/mol. The van der Waals surface area contributed by atoms with Crippen molar-refractivity contribution >= 4 is 11.4 Å². The first-order valence-electron chi connectivity index (χ1n) is 5.38. The summed E-state index contributed by atoms with van der Waals surface area (Å²) in [6.45, 7) is 4.41. The van der Waals surface area contributed by atoms with Gasteiger partial charge in [0.05, 0.1) is 17.2 Å². The number of anilines is 1. The Bertz CT molecular complexity index is 406. The maximum Gasteiger partial charge on any atom is 0.271 e. The van der Waals surface area contributed by atoms with Gasteiger partial charge in [-0.2, -0.15) is 0 Å². The van der Waals surface area contributed by atoms with Gasteiger partial charge >= 0.3 is 0 Å². The van der Waals surface area contributed by atoms with E-state index in [2.05, 4.69) is 4.90 Å². The highest BCUT2D eigenvalue weighted by molar-refractivity contribution is 5.63. The molecule has 0 amide bonds. The van der Waals surface area contributed by atoms with Crippen molar-refractivity contribution in [2.24, 2.45) is 0 Å². The smallest absolute Gasteiger partial charge is 0.271 e. The summed E-state index contributed by atoms with van der Waals surface area (Å²) in [5, 5.41) is 10.7. The van der Waals surface area contributed by atoms with Crippen LogP contribution in [-0.2, 0) is 0 Å². The molecule has 86 valence electrons. The zero-order valence-corrected chi connectivity index (χ0v) is 9.18. The SMILES string of the molecule is CCN1CCCOc2ccc([N+](=O)[O-])cc21. The van der Waals surface area contributed by atoms with Gasteiger partial charge in [-0.15, -0.1) is 0 Å². The number of non-ortho nitro benzene ring substituents is 1. The molecule has 0 aromatic heterocycles. The molecule has 0 N–H and O–H groups in total. The minimum Gasteiger partial charge on any atom is -0.491 e. The van der Waals surface area contributed by atoms with Crippen LogP contribution in [0.5, 0.6) is 5.75 Å². The summed E-state index contributed by atoms with van der Waals surface area (Å²) in [6.07, 6.45) is 0.941. The molecule has 1 aliphatic heterocycles. The Morgan fingerprint density at radius 2 is 2.38 bits per heavy atom. The van der Waals surface area contributed by atoms with Crippen molar-refractivity contribution < 1.29 is 9.66 Å². The maximum atomic E-state index is 10.7. The Morgan fingerprint density at radius 3 is 3.06 bits per heavy atom. The van der Waals surface area contributed by atoms with E-state index in [1.54, 1.807) is 12.1 Å². The van der Waals surface area contributed by atoms with Crippen molar-refractivity contribution in [2.75, 3.05) is 24.6 Å². The van der Waals surface area contributed by atoms with Gasteiger partial charge in [0, 0.05) is 25.2 Å². The molecule has 1 heterocycles. The second kappa shape index (κ2) is 4.38. The molecule has 0 bridgehead atoms. The first-order chi connectivity index (χ1) is 7.72. The molecule has 16 heavy (non-hydrogen) atoms. The summed E-state index contributed by atoms with van der Waals surface area (Å²) in [5.41, 5.74) is 0.942. The highest BCUT2D eigenvalue weighted by Crippen LogP contribution is 2.34. The van der Waals surface area contributed by atoms with E-state index >= 15 is 0 Å². The molecule has 0 aliphatic carbocycles. The fourth-order valence-corrected chi connectivity index (χ4v) is 1.87. The zero-order valence-electron chi connectivity index (χ0n) is 9.18. The Hall–Kier alpha value is -1.78. The fourth-order valence-electron chi connectivity index (χ4n) is 1.87. The van der Waals surface area contributed by atoms with Crippen LogP contribution in [0.1, 0.15) is 13.3 Å². The number of hydrogen-bond donors (Lipinski definition) is 0. The van der Waals surface area contributed by atoms with Gasteiger partial charge in [0.1, 0.15) is 5.75 Å². The van der Waals surface area contributed by atoms with Crippen molar-refractivity contribution in [1.29, 1.82) is 0 Å². The fraction of sp³-hybridized carbons (Fsp3) is 0.455. The van der Waals surface area contributed by atoms with Crippen LogP contribution >= 0.6 is 0 Å². The van der Waals surface area contributed by atoms with Crippen LogP contribution < -0.4 is 9.64 Å². The van der Waals surface area contributed by atoms with Gasteiger partial charge in [0.25, 0.3) is 5.69 Å². The summed E-state index contributed by atoms with van der Waals surface area (Å²) in [4.78, 5) is 12.4. The largest absolute Gasteiger partial charge is 0.491 e. The number of fused-ring (bicyclic) bond motifs is 1. The summed E-state index contributed by atoms with van der Waals surface area (Å²) < 4.78 is 5.55. The standard InChI is InChI=1S/C11H14N2O3/c1-2-12-6-3-7-16-11-5-4-9(13(14)15)8-10(11)12/h4-5,8H,2-3,6-7H2,1H3. The van der Waals surface area contributed by atoms with E-state index in [0.717, 1.165) is 30.9 Å². The third kappa shape index (κ3) is 1.93. The summed E-state index contributed by atoms with van der Waals surface area (Å²) in [6, 6.07) is 4.75. The maximum absolute atomic E-state index is 10.7. The van der Waals surface area contributed by atoms with Crippen molar-refractivity contribution in [2.45, 2.75) is 13.3 Å². The molecular formula is C11H14N2O3. The van der Waals surface area contributed by atoms with Gasteiger partial charge in [-0.05, 0) is 19.4 Å². The highest BCUT2D eigenvalue weighted by atomic mass is 16.6. The molecule has 1 aromatic carbocycles. The molecule has 1 aliphatic rings. The molecule has 0 spiro atoms. The molecular weight excluding hydrogens is 208 g/mol. The first-order valence-corrected chi connectivity index (χ1v) is 5.38. The van der Waals surface area contributed by atoms with Gasteiger partial charge in [0.2, 0.25) is 0 Å². The monoisotopic (exact) mass is 222 g/mol. The van der Waals surface area contributed by atoms with E-state index in [9.17, 15) is 10.1 Å². The van der Waals surface area contributed by atoms with Gasteiger partial charge in [-0.25, -0.2) is 0 Å². The third-order valence-corrected chi connectivity index (χ3v) is 2.71. The number of nitro groups is 1. The first kappa shape index (κ1) is 10.7. The summed E-state index contributed by atoms with van der Waals surface area (Å²) in [7, 11) is 0. The highest BCUT2D eigenvalue weighted by Gasteiger charge is 2.18. The lowest BCUT2D eigenvalue weighted by molar-refractivity contribution is -0.384. The van der Waals surface area contributed by atoms with Crippen molar-refractivity contribution in [1.82, 2.24) is 0 Å². The molecule has 5 nitrogen and oxygen atoms in total. The average Bonchev–Trinajstić information content (AvgIpc) is 2.49. The van der Waals surface area contributed by atoms with Crippen LogP contribution in [0.3, 0.4) is 0 Å². The number of nitro benzene ring substituents is 1. The Kier molecular flexibility index (Phi) is 2.94. The molecule has 0 fully saturated rings. The normalized spacial score (nSPS) is 14.9. The van der Waals surface area contributed by atoms with Crippen LogP contribution in [-0.4, -0.2) is 24.6 Å². The molecule has 0 saturated carbocycles. The lowest BCUT2D eigenvalue weighted by Gasteiger charge is -2.21. The molecule has 0 atom stereocenters. The second-order valence-electron chi connectivity index (χ2n) is 3.69. The van der Waals surface area contributed by atoms with E-state index in [0.29, 0.717) is 6.61 Å². The number of rotatable bonds is 2. The van der Waals surface area contributed by atoms with Crippen LogP contribution in [0.4, 0.5) is 11.4 Å². The third-order valence-electron chi connectivity index (χ3n) is 2.71. The summed E-state index contributed by atoms with van der Waals surface area (Å²) in [5.74, 6) is 0.741. The van der Waals surface area contributed by atoms with Gasteiger partial charge in [0.15, 0.2) is 0 Å². The minimum atomic E-state index is -0.376. The van der Waals surface area contributed by atoms with E-state index in [1.807, 2.05) is 6.92 Å². The Labute approximate surface area is 93.8 Å². The number of nitrogens with zero attached hydrogens (tertiary/aromatic N) is 2. The van der Waals surface area contributed by atoms with Crippen molar-refractivity contribution in [3.63, 3.8) is 0 Å². The van der Waals surface area contributed by atoms with E-state index in [-0.39, 0.29) is 10.6 Å². The molecule has 0 radical (unpaired) electrons. The topological polar surface area (TPSA) is 55.6 Å². The molecule has 0 unspecified atom stereocenters. The quantitative estimate of drug-likeness (QED) is 0.568. The summed E-state index contributed by atoms with van der Waals surface area (Å²) >= 11 is 0. The minimum absolute atomic E-state index is 0.114. The number of ether oxygens (including phenoxy) is 1. The Morgan fingerprint density at radius 1 is 1.56 bits per heavy atom. The molecule has 5 heteroatoms. The second-order valence-corrected chi connectivity index (χ2v) is 3.69. The van der Waals surface area contributed by atoms with E-state index in [1.165, 1.54) is 6.07 Å². The van der Waals surface area contributed by atoms with Crippen LogP contribution in [0, 0.1) is 10.1 Å². The van der Waals surface area contributed by atoms with Gasteiger partial charge < -0.3 is 9.64 Å². The lowest BCUT2D eigenvalue weighted by atomic mass is 10.2.